The zero-order chi connectivity index (χ0) is 15.9. The molecule has 1 unspecified atom stereocenters. The minimum atomic E-state index is -0.626. The van der Waals surface area contributed by atoms with Gasteiger partial charge in [0.1, 0.15) is 11.8 Å². The van der Waals surface area contributed by atoms with Crippen LogP contribution in [0, 0.1) is 0 Å². The minimum absolute atomic E-state index is 0.0653. The Hall–Kier alpha value is -2.33. The maximum Gasteiger partial charge on any atom is 0.244 e. The highest BCUT2D eigenvalue weighted by Crippen LogP contribution is 2.17. The fourth-order valence-electron chi connectivity index (χ4n) is 2.30. The van der Waals surface area contributed by atoms with Crippen LogP contribution in [0.2, 0.25) is 0 Å². The third-order valence-electron chi connectivity index (χ3n) is 3.65. The van der Waals surface area contributed by atoms with Gasteiger partial charge in [0, 0.05) is 13.1 Å². The van der Waals surface area contributed by atoms with E-state index in [0.717, 1.165) is 16.9 Å². The van der Waals surface area contributed by atoms with Gasteiger partial charge in [-0.05, 0) is 30.2 Å². The number of carbonyl (C=O) groups is 1. The number of amides is 1. The normalized spacial score (nSPS) is 11.8. The Morgan fingerprint density at radius 2 is 1.77 bits per heavy atom. The van der Waals surface area contributed by atoms with Crippen LogP contribution in [0.5, 0.6) is 5.75 Å². The molecule has 0 radical (unpaired) electrons. The lowest BCUT2D eigenvalue weighted by Gasteiger charge is -2.24. The molecule has 1 amide bonds. The van der Waals surface area contributed by atoms with Crippen molar-refractivity contribution in [3.63, 3.8) is 0 Å². The second-order valence-electron chi connectivity index (χ2n) is 5.09. The highest BCUT2D eigenvalue weighted by molar-refractivity contribution is 5.83. The van der Waals surface area contributed by atoms with Crippen molar-refractivity contribution in [2.24, 2.45) is 5.73 Å². The summed E-state index contributed by atoms with van der Waals surface area (Å²) in [6, 6.07) is 16.5. The molecular formula is C18H22N2O2. The van der Waals surface area contributed by atoms with Gasteiger partial charge in [-0.1, -0.05) is 42.5 Å². The highest BCUT2D eigenvalue weighted by Gasteiger charge is 2.21. The van der Waals surface area contributed by atoms with Crippen LogP contribution in [0.1, 0.15) is 24.1 Å². The average Bonchev–Trinajstić information content (AvgIpc) is 2.59. The van der Waals surface area contributed by atoms with Crippen molar-refractivity contribution >= 4 is 5.91 Å². The molecule has 2 aromatic carbocycles. The van der Waals surface area contributed by atoms with Gasteiger partial charge in [-0.3, -0.25) is 4.79 Å². The van der Waals surface area contributed by atoms with E-state index in [-0.39, 0.29) is 5.91 Å². The monoisotopic (exact) mass is 298 g/mol. The van der Waals surface area contributed by atoms with Crippen molar-refractivity contribution in [1.82, 2.24) is 4.90 Å². The van der Waals surface area contributed by atoms with E-state index in [1.165, 1.54) is 0 Å². The third-order valence-corrected chi connectivity index (χ3v) is 3.65. The number of carbonyl (C=O) groups excluding carboxylic acids is 1. The molecule has 2 aromatic rings. The van der Waals surface area contributed by atoms with E-state index < -0.39 is 6.04 Å². The molecule has 0 saturated heterocycles. The summed E-state index contributed by atoms with van der Waals surface area (Å²) in [5, 5.41) is 0. The van der Waals surface area contributed by atoms with Crippen molar-refractivity contribution in [2.75, 3.05) is 13.7 Å². The fraction of sp³-hybridized carbons (Fsp3) is 0.278. The van der Waals surface area contributed by atoms with Crippen LogP contribution in [-0.2, 0) is 11.3 Å². The quantitative estimate of drug-likeness (QED) is 0.892. The molecule has 0 saturated carbocycles. The van der Waals surface area contributed by atoms with E-state index in [4.69, 9.17) is 10.5 Å². The molecule has 2 rings (SSSR count). The number of rotatable bonds is 6. The summed E-state index contributed by atoms with van der Waals surface area (Å²) < 4.78 is 5.14. The maximum atomic E-state index is 12.6. The third kappa shape index (κ3) is 3.86. The summed E-state index contributed by atoms with van der Waals surface area (Å²) in [7, 11) is 1.63. The second-order valence-corrected chi connectivity index (χ2v) is 5.09. The van der Waals surface area contributed by atoms with Crippen molar-refractivity contribution in [1.29, 1.82) is 0 Å². The molecule has 1 atom stereocenters. The van der Waals surface area contributed by atoms with Gasteiger partial charge in [-0.2, -0.15) is 0 Å². The Morgan fingerprint density at radius 1 is 1.14 bits per heavy atom. The van der Waals surface area contributed by atoms with Gasteiger partial charge >= 0.3 is 0 Å². The molecule has 22 heavy (non-hydrogen) atoms. The molecule has 0 aliphatic carbocycles. The van der Waals surface area contributed by atoms with Crippen LogP contribution in [0.3, 0.4) is 0 Å². The van der Waals surface area contributed by atoms with E-state index in [1.807, 2.05) is 61.5 Å². The molecule has 2 N–H and O–H groups in total. The van der Waals surface area contributed by atoms with Crippen molar-refractivity contribution in [3.8, 4) is 5.75 Å². The van der Waals surface area contributed by atoms with Gasteiger partial charge in [0.25, 0.3) is 0 Å². The molecule has 0 aliphatic rings. The molecule has 0 heterocycles. The van der Waals surface area contributed by atoms with Gasteiger partial charge in [-0.15, -0.1) is 0 Å². The highest BCUT2D eigenvalue weighted by atomic mass is 16.5. The molecule has 0 bridgehead atoms. The molecule has 0 fully saturated rings. The Kier molecular flexibility index (Phi) is 5.55. The molecule has 4 heteroatoms. The summed E-state index contributed by atoms with van der Waals surface area (Å²) in [5.41, 5.74) is 7.99. The number of hydrogen-bond donors (Lipinski definition) is 1. The number of benzene rings is 2. The van der Waals surface area contributed by atoms with Crippen molar-refractivity contribution in [2.45, 2.75) is 19.5 Å². The van der Waals surface area contributed by atoms with Crippen LogP contribution in [0.4, 0.5) is 0 Å². The first-order valence-corrected chi connectivity index (χ1v) is 7.38. The molecule has 4 nitrogen and oxygen atoms in total. The zero-order valence-corrected chi connectivity index (χ0v) is 13.0. The predicted octanol–water partition coefficient (Wildman–Crippen LogP) is 2.74. The van der Waals surface area contributed by atoms with Crippen molar-refractivity contribution in [3.05, 3.63) is 65.7 Å². The van der Waals surface area contributed by atoms with Crippen LogP contribution in [-0.4, -0.2) is 24.5 Å². The van der Waals surface area contributed by atoms with Crippen molar-refractivity contribution < 1.29 is 9.53 Å². The minimum Gasteiger partial charge on any atom is -0.497 e. The molecule has 0 aromatic heterocycles. The van der Waals surface area contributed by atoms with Gasteiger partial charge in [-0.25, -0.2) is 0 Å². The smallest absolute Gasteiger partial charge is 0.244 e. The molecule has 0 aliphatic heterocycles. The molecular weight excluding hydrogens is 276 g/mol. The number of ether oxygens (including phenoxy) is 1. The Morgan fingerprint density at radius 3 is 2.32 bits per heavy atom. The topological polar surface area (TPSA) is 55.6 Å². The van der Waals surface area contributed by atoms with Gasteiger partial charge in [0.05, 0.1) is 7.11 Å². The predicted molar refractivity (Wildman–Crippen MR) is 87.5 cm³/mol. The number of likely N-dealkylation sites (N-methyl/N-ethyl adjacent to an activating group) is 1. The van der Waals surface area contributed by atoms with Crippen LogP contribution >= 0.6 is 0 Å². The second kappa shape index (κ2) is 7.61. The summed E-state index contributed by atoms with van der Waals surface area (Å²) in [6.45, 7) is 3.12. The molecule has 116 valence electrons. The summed E-state index contributed by atoms with van der Waals surface area (Å²) in [6.07, 6.45) is 0. The number of nitrogens with two attached hydrogens (primary N) is 1. The lowest BCUT2D eigenvalue weighted by molar-refractivity contribution is -0.133. The summed E-state index contributed by atoms with van der Waals surface area (Å²) >= 11 is 0. The first kappa shape index (κ1) is 16.0. The molecule has 0 spiro atoms. The van der Waals surface area contributed by atoms with Crippen LogP contribution in [0.25, 0.3) is 0 Å². The standard InChI is InChI=1S/C18H22N2O2/c1-3-20(13-14-9-11-16(22-2)12-10-14)18(21)17(19)15-7-5-4-6-8-15/h4-12,17H,3,13,19H2,1-2H3. The van der Waals surface area contributed by atoms with Crippen LogP contribution in [0.15, 0.2) is 54.6 Å². The SMILES string of the molecule is CCN(Cc1ccc(OC)cc1)C(=O)C(N)c1ccccc1. The summed E-state index contributed by atoms with van der Waals surface area (Å²) in [4.78, 5) is 14.3. The van der Waals surface area contributed by atoms with E-state index in [1.54, 1.807) is 12.0 Å². The van der Waals surface area contributed by atoms with E-state index >= 15 is 0 Å². The maximum absolute atomic E-state index is 12.6. The Labute approximate surface area is 131 Å². The Bertz CT molecular complexity index is 596. The lowest BCUT2D eigenvalue weighted by Crippen LogP contribution is -2.38. The van der Waals surface area contributed by atoms with Gasteiger partial charge in [0.2, 0.25) is 5.91 Å². The fourth-order valence-corrected chi connectivity index (χ4v) is 2.30. The first-order valence-electron chi connectivity index (χ1n) is 7.38. The summed E-state index contributed by atoms with van der Waals surface area (Å²) in [5.74, 6) is 0.739. The van der Waals surface area contributed by atoms with E-state index in [2.05, 4.69) is 0 Å². The number of methoxy groups -OCH3 is 1. The van der Waals surface area contributed by atoms with Gasteiger partial charge < -0.3 is 15.4 Å². The largest absolute Gasteiger partial charge is 0.497 e. The average molecular weight is 298 g/mol. The van der Waals surface area contributed by atoms with Gasteiger partial charge in [0.15, 0.2) is 0 Å². The van der Waals surface area contributed by atoms with E-state index in [0.29, 0.717) is 13.1 Å². The lowest BCUT2D eigenvalue weighted by atomic mass is 10.1. The number of hydrogen-bond acceptors (Lipinski definition) is 3. The van der Waals surface area contributed by atoms with E-state index in [9.17, 15) is 4.79 Å². The first-order chi connectivity index (χ1) is 10.7. The van der Waals surface area contributed by atoms with Crippen LogP contribution < -0.4 is 10.5 Å². The number of nitrogens with zero attached hydrogens (tertiary/aromatic N) is 1. The zero-order valence-electron chi connectivity index (χ0n) is 13.0. The Balaban J connectivity index is 2.08.